The van der Waals surface area contributed by atoms with Crippen LogP contribution in [0.4, 0.5) is 0 Å². The van der Waals surface area contributed by atoms with E-state index in [0.717, 1.165) is 16.6 Å². The third-order valence-electron chi connectivity index (χ3n) is 3.23. The van der Waals surface area contributed by atoms with E-state index in [9.17, 15) is 0 Å². The zero-order chi connectivity index (χ0) is 15.2. The summed E-state index contributed by atoms with van der Waals surface area (Å²) in [6, 6.07) is 18.9. The number of pyridine rings is 1. The Morgan fingerprint density at radius 3 is 2.64 bits per heavy atom. The number of para-hydroxylation sites is 1. The summed E-state index contributed by atoms with van der Waals surface area (Å²) in [7, 11) is 0. The van der Waals surface area contributed by atoms with Crippen molar-refractivity contribution in [3.63, 3.8) is 0 Å². The fourth-order valence-corrected chi connectivity index (χ4v) is 5.33. The van der Waals surface area contributed by atoms with E-state index in [-0.39, 0.29) is 15.0 Å². The predicted octanol–water partition coefficient (Wildman–Crippen LogP) is 3.91. The molecule has 0 aliphatic carbocycles. The number of fused-ring (bicyclic) bond motifs is 1. The summed E-state index contributed by atoms with van der Waals surface area (Å²) < 4.78 is 1.39. The van der Waals surface area contributed by atoms with Crippen LogP contribution in [0, 0.1) is 12.3 Å². The number of terminal acetylenes is 1. The van der Waals surface area contributed by atoms with Gasteiger partial charge < -0.3 is 0 Å². The van der Waals surface area contributed by atoms with Crippen molar-refractivity contribution in [1.82, 2.24) is 4.98 Å². The first kappa shape index (κ1) is 15.2. The summed E-state index contributed by atoms with van der Waals surface area (Å²) in [6.45, 7) is 0. The quantitative estimate of drug-likeness (QED) is 0.385. The molecule has 0 aliphatic rings. The molecule has 1 nitrogen and oxygen atoms in total. The second-order valence-corrected chi connectivity index (χ2v) is 7.82. The van der Waals surface area contributed by atoms with E-state index in [1.165, 1.54) is 20.3 Å². The molecule has 1 aromatic heterocycles. The Labute approximate surface area is 141 Å². The van der Waals surface area contributed by atoms with Crippen molar-refractivity contribution in [1.29, 1.82) is 0 Å². The Bertz CT molecular complexity index is 809. The Morgan fingerprint density at radius 1 is 1.05 bits per heavy atom. The molecule has 0 radical (unpaired) electrons. The van der Waals surface area contributed by atoms with E-state index < -0.39 is 0 Å². The van der Waals surface area contributed by atoms with E-state index in [4.69, 9.17) is 6.42 Å². The molecule has 0 spiro atoms. The molecule has 3 aromatic rings. The number of nitrogens with zero attached hydrogens (tertiary/aromatic N) is 1. The molecular formula is C19H15NSSe. The van der Waals surface area contributed by atoms with Gasteiger partial charge in [0, 0.05) is 0 Å². The monoisotopic (exact) mass is 369 g/mol. The second-order valence-electron chi connectivity index (χ2n) is 4.74. The number of thioether (sulfide) groups is 1. The molecule has 1 heterocycles. The van der Waals surface area contributed by atoms with Crippen LogP contribution in [0.5, 0.6) is 0 Å². The fourth-order valence-electron chi connectivity index (χ4n) is 2.20. The summed E-state index contributed by atoms with van der Waals surface area (Å²) in [5.74, 6) is 3.74. The molecule has 0 fully saturated rings. The van der Waals surface area contributed by atoms with E-state index in [1.54, 1.807) is 0 Å². The van der Waals surface area contributed by atoms with Gasteiger partial charge in [0.1, 0.15) is 0 Å². The van der Waals surface area contributed by atoms with Gasteiger partial charge in [0.15, 0.2) is 0 Å². The standard InChI is InChI=1S/C19H15NSSe/c1-2-12-22-19-16-10-6-7-11-17(16)20-13-18(19)21-14-15-8-4-3-5-9-15/h1,3-11,13H,12,14H2. The van der Waals surface area contributed by atoms with Gasteiger partial charge in [-0.3, -0.25) is 0 Å². The maximum atomic E-state index is 5.48. The Hall–Kier alpha value is -1.72. The van der Waals surface area contributed by atoms with Gasteiger partial charge in [0.05, 0.1) is 0 Å². The molecule has 0 saturated carbocycles. The van der Waals surface area contributed by atoms with Crippen molar-refractivity contribution in [3.05, 3.63) is 66.4 Å². The molecular weight excluding hydrogens is 353 g/mol. The summed E-state index contributed by atoms with van der Waals surface area (Å²) >= 11 is 2.14. The second kappa shape index (κ2) is 7.51. The molecule has 3 rings (SSSR count). The van der Waals surface area contributed by atoms with Gasteiger partial charge in [-0.1, -0.05) is 0 Å². The normalized spacial score (nSPS) is 10.5. The van der Waals surface area contributed by atoms with E-state index in [2.05, 4.69) is 53.4 Å². The zero-order valence-electron chi connectivity index (χ0n) is 12.0. The van der Waals surface area contributed by atoms with Gasteiger partial charge >= 0.3 is 142 Å². The first-order chi connectivity index (χ1) is 10.9. The van der Waals surface area contributed by atoms with Gasteiger partial charge in [0.25, 0.3) is 0 Å². The summed E-state index contributed by atoms with van der Waals surface area (Å²) in [5.41, 5.74) is 2.39. The van der Waals surface area contributed by atoms with Crippen LogP contribution in [0.3, 0.4) is 0 Å². The average molecular weight is 368 g/mol. The van der Waals surface area contributed by atoms with Crippen LogP contribution in [0.1, 0.15) is 5.56 Å². The van der Waals surface area contributed by atoms with Crippen LogP contribution >= 0.6 is 11.8 Å². The van der Waals surface area contributed by atoms with Crippen molar-refractivity contribution in [2.24, 2.45) is 0 Å². The van der Waals surface area contributed by atoms with Crippen molar-refractivity contribution >= 4 is 42.1 Å². The Morgan fingerprint density at radius 2 is 1.82 bits per heavy atom. The summed E-state index contributed by atoms with van der Waals surface area (Å²) in [6.07, 6.45) is 7.48. The molecule has 0 aliphatic heterocycles. The maximum absolute atomic E-state index is 5.48. The molecule has 0 atom stereocenters. The SMILES string of the molecule is C#CC[Se]c1c(SCc2ccccc2)cnc2ccccc12. The zero-order valence-corrected chi connectivity index (χ0v) is 14.6. The molecule has 22 heavy (non-hydrogen) atoms. The van der Waals surface area contributed by atoms with E-state index in [1.807, 2.05) is 30.1 Å². The molecule has 0 amide bonds. The minimum atomic E-state index is 0.288. The topological polar surface area (TPSA) is 12.9 Å². The van der Waals surface area contributed by atoms with Gasteiger partial charge in [0.2, 0.25) is 0 Å². The average Bonchev–Trinajstić information content (AvgIpc) is 2.59. The van der Waals surface area contributed by atoms with Gasteiger partial charge in [-0.15, -0.1) is 0 Å². The van der Waals surface area contributed by atoms with Crippen LogP contribution in [-0.2, 0) is 5.75 Å². The molecule has 108 valence electrons. The number of benzene rings is 2. The minimum absolute atomic E-state index is 0.288. The Kier molecular flexibility index (Phi) is 5.19. The summed E-state index contributed by atoms with van der Waals surface area (Å²) in [4.78, 5) is 5.86. The van der Waals surface area contributed by atoms with Crippen LogP contribution in [0.15, 0.2) is 65.7 Å². The van der Waals surface area contributed by atoms with Crippen molar-refractivity contribution in [2.75, 3.05) is 0 Å². The number of rotatable bonds is 5. The van der Waals surface area contributed by atoms with Crippen LogP contribution in [-0.4, -0.2) is 19.9 Å². The third kappa shape index (κ3) is 3.54. The summed E-state index contributed by atoms with van der Waals surface area (Å²) in [5, 5.41) is 2.07. The first-order valence-corrected chi connectivity index (χ1v) is 10.0. The predicted molar refractivity (Wildman–Crippen MR) is 96.8 cm³/mol. The first-order valence-electron chi connectivity index (χ1n) is 6.99. The molecule has 0 N–H and O–H groups in total. The van der Waals surface area contributed by atoms with Crippen LogP contribution in [0.25, 0.3) is 10.9 Å². The van der Waals surface area contributed by atoms with Crippen LogP contribution < -0.4 is 4.46 Å². The Balaban J connectivity index is 1.92. The van der Waals surface area contributed by atoms with Gasteiger partial charge in [-0.05, 0) is 0 Å². The fraction of sp³-hybridized carbons (Fsp3) is 0.105. The van der Waals surface area contributed by atoms with Gasteiger partial charge in [-0.2, -0.15) is 0 Å². The van der Waals surface area contributed by atoms with Crippen molar-refractivity contribution < 1.29 is 0 Å². The third-order valence-corrected chi connectivity index (χ3v) is 6.80. The molecule has 0 unspecified atom stereocenters. The molecule has 0 saturated heterocycles. The van der Waals surface area contributed by atoms with Crippen LogP contribution in [0.2, 0.25) is 5.32 Å². The van der Waals surface area contributed by atoms with Crippen molar-refractivity contribution in [2.45, 2.75) is 16.0 Å². The number of aromatic nitrogens is 1. The molecule has 0 bridgehead atoms. The number of hydrogen-bond donors (Lipinski definition) is 0. The van der Waals surface area contributed by atoms with E-state index >= 15 is 0 Å². The van der Waals surface area contributed by atoms with E-state index in [0.29, 0.717) is 0 Å². The van der Waals surface area contributed by atoms with Gasteiger partial charge in [-0.25, -0.2) is 0 Å². The molecule has 3 heteroatoms. The number of hydrogen-bond acceptors (Lipinski definition) is 2. The van der Waals surface area contributed by atoms with Crippen molar-refractivity contribution in [3.8, 4) is 12.3 Å². The molecule has 2 aromatic carbocycles.